The first kappa shape index (κ1) is 13.3. The lowest BCUT2D eigenvalue weighted by molar-refractivity contribution is 0.652. The quantitative estimate of drug-likeness (QED) is 0.838. The molecule has 1 aromatic rings. The molecule has 0 spiro atoms. The van der Waals surface area contributed by atoms with Crippen molar-refractivity contribution < 1.29 is 0 Å². The minimum absolute atomic E-state index is 0.534. The largest absolute Gasteiger partial charge is 0.357 e. The number of nitrogens with zero attached hydrogens (tertiary/aromatic N) is 2. The minimum atomic E-state index is 0.534. The summed E-state index contributed by atoms with van der Waals surface area (Å²) in [6, 6.07) is 3.55. The predicted molar refractivity (Wildman–Crippen MR) is 77.0 cm³/mol. The molecule has 1 aliphatic carbocycles. The molecular formula is C15H25N3. The zero-order valence-corrected chi connectivity index (χ0v) is 12.0. The van der Waals surface area contributed by atoms with Crippen LogP contribution in [0.15, 0.2) is 12.3 Å². The van der Waals surface area contributed by atoms with E-state index in [2.05, 4.69) is 49.1 Å². The summed E-state index contributed by atoms with van der Waals surface area (Å²) in [5.74, 6) is 1.11. The van der Waals surface area contributed by atoms with Crippen molar-refractivity contribution in [3.05, 3.63) is 23.4 Å². The molecule has 1 atom stereocenters. The van der Waals surface area contributed by atoms with E-state index >= 15 is 0 Å². The van der Waals surface area contributed by atoms with Gasteiger partial charge in [0.25, 0.3) is 0 Å². The number of pyridine rings is 1. The Morgan fingerprint density at radius 1 is 1.50 bits per heavy atom. The van der Waals surface area contributed by atoms with E-state index in [0.717, 1.165) is 24.8 Å². The normalized spacial score (nSPS) is 16.7. The Morgan fingerprint density at radius 2 is 2.22 bits per heavy atom. The maximum absolute atomic E-state index is 4.63. The first-order chi connectivity index (χ1) is 8.61. The fourth-order valence-electron chi connectivity index (χ4n) is 2.12. The lowest BCUT2D eigenvalue weighted by Gasteiger charge is -2.26. The van der Waals surface area contributed by atoms with Gasteiger partial charge < -0.3 is 10.2 Å². The Bertz CT molecular complexity index is 399. The highest BCUT2D eigenvalue weighted by Crippen LogP contribution is 2.22. The average Bonchev–Trinajstić information content (AvgIpc) is 3.18. The summed E-state index contributed by atoms with van der Waals surface area (Å²) in [6.45, 7) is 7.56. The lowest BCUT2D eigenvalue weighted by Crippen LogP contribution is -2.29. The molecule has 1 fully saturated rings. The van der Waals surface area contributed by atoms with Gasteiger partial charge in [0.15, 0.2) is 0 Å². The fourth-order valence-corrected chi connectivity index (χ4v) is 2.12. The standard InChI is InChI=1S/C15H25N3/c1-5-12(3)18(4)15-11(2)8-13(10-17-15)9-16-14-6-7-14/h8,10,12,14,16H,5-7,9H2,1-4H3. The molecule has 1 heterocycles. The monoisotopic (exact) mass is 247 g/mol. The van der Waals surface area contributed by atoms with Gasteiger partial charge in [0.2, 0.25) is 0 Å². The van der Waals surface area contributed by atoms with Gasteiger partial charge in [0.1, 0.15) is 5.82 Å². The molecule has 0 aliphatic heterocycles. The molecule has 100 valence electrons. The van der Waals surface area contributed by atoms with Crippen LogP contribution in [0.3, 0.4) is 0 Å². The number of rotatable bonds is 6. The molecule has 0 radical (unpaired) electrons. The SMILES string of the molecule is CCC(C)N(C)c1ncc(CNC2CC2)cc1C. The molecule has 1 unspecified atom stereocenters. The molecule has 1 saturated carbocycles. The Hall–Kier alpha value is -1.09. The van der Waals surface area contributed by atoms with E-state index in [0.29, 0.717) is 6.04 Å². The van der Waals surface area contributed by atoms with Crippen LogP contribution in [0.2, 0.25) is 0 Å². The molecule has 0 saturated heterocycles. The summed E-state index contributed by atoms with van der Waals surface area (Å²) in [6.07, 6.45) is 5.82. The summed E-state index contributed by atoms with van der Waals surface area (Å²) in [5.41, 5.74) is 2.56. The minimum Gasteiger partial charge on any atom is -0.357 e. The van der Waals surface area contributed by atoms with Crippen LogP contribution < -0.4 is 10.2 Å². The van der Waals surface area contributed by atoms with Crippen LogP contribution in [0.5, 0.6) is 0 Å². The zero-order valence-electron chi connectivity index (χ0n) is 12.0. The van der Waals surface area contributed by atoms with Crippen molar-refractivity contribution in [3.8, 4) is 0 Å². The van der Waals surface area contributed by atoms with Crippen molar-refractivity contribution in [1.29, 1.82) is 0 Å². The summed E-state index contributed by atoms with van der Waals surface area (Å²) in [5, 5.41) is 3.53. The highest BCUT2D eigenvalue weighted by molar-refractivity contribution is 5.47. The highest BCUT2D eigenvalue weighted by atomic mass is 15.2. The summed E-state index contributed by atoms with van der Waals surface area (Å²) in [4.78, 5) is 6.90. The van der Waals surface area contributed by atoms with Crippen molar-refractivity contribution in [2.24, 2.45) is 0 Å². The van der Waals surface area contributed by atoms with E-state index in [9.17, 15) is 0 Å². The van der Waals surface area contributed by atoms with Crippen molar-refractivity contribution in [2.75, 3.05) is 11.9 Å². The summed E-state index contributed by atoms with van der Waals surface area (Å²) < 4.78 is 0. The van der Waals surface area contributed by atoms with Gasteiger partial charge in [-0.15, -0.1) is 0 Å². The molecule has 18 heavy (non-hydrogen) atoms. The molecule has 0 aromatic carbocycles. The molecule has 3 heteroatoms. The first-order valence-corrected chi connectivity index (χ1v) is 7.03. The summed E-state index contributed by atoms with van der Waals surface area (Å²) in [7, 11) is 2.13. The van der Waals surface area contributed by atoms with Gasteiger partial charge >= 0.3 is 0 Å². The van der Waals surface area contributed by atoms with E-state index in [1.54, 1.807) is 0 Å². The molecule has 1 N–H and O–H groups in total. The van der Waals surface area contributed by atoms with Crippen molar-refractivity contribution in [2.45, 2.75) is 58.7 Å². The van der Waals surface area contributed by atoms with Crippen LogP contribution in [-0.4, -0.2) is 24.1 Å². The van der Waals surface area contributed by atoms with Crippen LogP contribution in [0.25, 0.3) is 0 Å². The third-order valence-corrected chi connectivity index (χ3v) is 3.87. The molecule has 0 bridgehead atoms. The second kappa shape index (κ2) is 5.70. The van der Waals surface area contributed by atoms with Gasteiger partial charge in [-0.1, -0.05) is 6.92 Å². The molecule has 1 aliphatic rings. The summed E-state index contributed by atoms with van der Waals surface area (Å²) >= 11 is 0. The molecule has 3 nitrogen and oxygen atoms in total. The lowest BCUT2D eigenvalue weighted by atomic mass is 10.1. The molecule has 2 rings (SSSR count). The number of aromatic nitrogens is 1. The van der Waals surface area contributed by atoms with Crippen molar-refractivity contribution >= 4 is 5.82 Å². The van der Waals surface area contributed by atoms with E-state index in [1.807, 2.05) is 6.20 Å². The van der Waals surface area contributed by atoms with Crippen LogP contribution in [0.4, 0.5) is 5.82 Å². The van der Waals surface area contributed by atoms with Crippen LogP contribution in [-0.2, 0) is 6.54 Å². The van der Waals surface area contributed by atoms with Gasteiger partial charge in [0, 0.05) is 31.9 Å². The second-order valence-electron chi connectivity index (χ2n) is 5.51. The van der Waals surface area contributed by atoms with Crippen molar-refractivity contribution in [1.82, 2.24) is 10.3 Å². The Labute approximate surface area is 111 Å². The fraction of sp³-hybridized carbons (Fsp3) is 0.667. The Kier molecular flexibility index (Phi) is 4.23. The third-order valence-electron chi connectivity index (χ3n) is 3.87. The molecule has 0 amide bonds. The Balaban J connectivity index is 2.03. The molecular weight excluding hydrogens is 222 g/mol. The number of hydrogen-bond acceptors (Lipinski definition) is 3. The predicted octanol–water partition coefficient (Wildman–Crippen LogP) is 2.88. The smallest absolute Gasteiger partial charge is 0.131 e. The van der Waals surface area contributed by atoms with E-state index < -0.39 is 0 Å². The number of hydrogen-bond donors (Lipinski definition) is 1. The van der Waals surface area contributed by atoms with Gasteiger partial charge in [-0.2, -0.15) is 0 Å². The number of anilines is 1. The third kappa shape index (κ3) is 3.22. The molecule has 1 aromatic heterocycles. The van der Waals surface area contributed by atoms with E-state index in [4.69, 9.17) is 0 Å². The second-order valence-corrected chi connectivity index (χ2v) is 5.51. The van der Waals surface area contributed by atoms with Gasteiger partial charge in [0.05, 0.1) is 0 Å². The highest BCUT2D eigenvalue weighted by Gasteiger charge is 2.20. The number of nitrogens with one attached hydrogen (secondary N) is 1. The van der Waals surface area contributed by atoms with E-state index in [1.165, 1.54) is 24.0 Å². The zero-order chi connectivity index (χ0) is 13.1. The van der Waals surface area contributed by atoms with Gasteiger partial charge in [-0.25, -0.2) is 4.98 Å². The van der Waals surface area contributed by atoms with Crippen LogP contribution >= 0.6 is 0 Å². The average molecular weight is 247 g/mol. The van der Waals surface area contributed by atoms with Gasteiger partial charge in [-0.05, 0) is 50.3 Å². The van der Waals surface area contributed by atoms with Gasteiger partial charge in [-0.3, -0.25) is 0 Å². The Morgan fingerprint density at radius 3 is 2.78 bits per heavy atom. The van der Waals surface area contributed by atoms with Crippen LogP contribution in [0, 0.1) is 6.92 Å². The maximum Gasteiger partial charge on any atom is 0.131 e. The first-order valence-electron chi connectivity index (χ1n) is 7.03. The van der Waals surface area contributed by atoms with Crippen LogP contribution in [0.1, 0.15) is 44.2 Å². The number of aryl methyl sites for hydroxylation is 1. The topological polar surface area (TPSA) is 28.2 Å². The maximum atomic E-state index is 4.63. The van der Waals surface area contributed by atoms with Crippen molar-refractivity contribution in [3.63, 3.8) is 0 Å². The van der Waals surface area contributed by atoms with E-state index in [-0.39, 0.29) is 0 Å².